The zero-order valence-electron chi connectivity index (χ0n) is 14.3. The van der Waals surface area contributed by atoms with E-state index in [0.717, 1.165) is 11.1 Å². The quantitative estimate of drug-likeness (QED) is 0.493. The van der Waals surface area contributed by atoms with Crippen LogP contribution >= 0.6 is 11.6 Å². The first-order valence-electron chi connectivity index (χ1n) is 8.18. The highest BCUT2D eigenvalue weighted by Crippen LogP contribution is 2.18. The molecule has 0 bridgehead atoms. The predicted molar refractivity (Wildman–Crippen MR) is 100 cm³/mol. The van der Waals surface area contributed by atoms with Crippen LogP contribution in [0.3, 0.4) is 0 Å². The van der Waals surface area contributed by atoms with Crippen molar-refractivity contribution in [3.05, 3.63) is 70.3 Å². The highest BCUT2D eigenvalue weighted by molar-refractivity contribution is 6.29. The number of pyridine rings is 1. The number of benzene rings is 1. The minimum Gasteiger partial charge on any atom is -0.369 e. The lowest BCUT2D eigenvalue weighted by molar-refractivity contribution is -0.112. The predicted octanol–water partition coefficient (Wildman–Crippen LogP) is 2.82. The molecule has 7 heteroatoms. The molecule has 1 fully saturated rings. The summed E-state index contributed by atoms with van der Waals surface area (Å²) in [6.45, 7) is 3.87. The summed E-state index contributed by atoms with van der Waals surface area (Å²) in [5.74, 6) is 0.104. The van der Waals surface area contributed by atoms with E-state index >= 15 is 0 Å². The Labute approximate surface area is 157 Å². The van der Waals surface area contributed by atoms with Crippen LogP contribution in [-0.4, -0.2) is 28.9 Å². The number of nitriles is 1. The molecular weight excluding hydrogens is 350 g/mol. The van der Waals surface area contributed by atoms with Crippen LogP contribution in [0.1, 0.15) is 11.1 Å². The number of hydrogen-bond acceptors (Lipinski definition) is 5. The number of anilines is 1. The summed E-state index contributed by atoms with van der Waals surface area (Å²) >= 11 is 5.82. The van der Waals surface area contributed by atoms with Gasteiger partial charge >= 0.3 is 0 Å². The molecule has 1 aromatic carbocycles. The summed E-state index contributed by atoms with van der Waals surface area (Å²) < 4.78 is 0. The minimum absolute atomic E-state index is 0.0602. The fraction of sp³-hybridized carbons (Fsp3) is 0.211. The Hall–Kier alpha value is -3.04. The Kier molecular flexibility index (Phi) is 5.40. The van der Waals surface area contributed by atoms with Crippen molar-refractivity contribution in [1.82, 2.24) is 15.2 Å². The molecule has 3 rings (SSSR count). The molecule has 2 aromatic rings. The molecule has 0 saturated carbocycles. The molecule has 1 saturated heterocycles. The highest BCUT2D eigenvalue weighted by atomic mass is 35.5. The number of rotatable bonds is 4. The monoisotopic (exact) mass is 367 g/mol. The number of nitrogens with zero attached hydrogens (tertiary/aromatic N) is 3. The number of carbonyl (C=O) groups is 1. The van der Waals surface area contributed by atoms with Crippen LogP contribution in [0, 0.1) is 18.3 Å². The van der Waals surface area contributed by atoms with Crippen LogP contribution < -0.4 is 10.6 Å². The largest absolute Gasteiger partial charge is 0.369 e. The Morgan fingerprint density at radius 1 is 1.35 bits per heavy atom. The lowest BCUT2D eigenvalue weighted by Crippen LogP contribution is -2.26. The molecule has 0 spiro atoms. The van der Waals surface area contributed by atoms with Crippen molar-refractivity contribution in [3.8, 4) is 6.07 Å². The zero-order chi connectivity index (χ0) is 18.5. The van der Waals surface area contributed by atoms with Crippen LogP contribution in [-0.2, 0) is 11.3 Å². The van der Waals surface area contributed by atoms with Crippen molar-refractivity contribution in [1.29, 1.82) is 5.26 Å². The van der Waals surface area contributed by atoms with Gasteiger partial charge in [-0.1, -0.05) is 35.4 Å². The van der Waals surface area contributed by atoms with Crippen molar-refractivity contribution >= 4 is 23.2 Å². The third kappa shape index (κ3) is 4.13. The van der Waals surface area contributed by atoms with Gasteiger partial charge in [0.15, 0.2) is 5.57 Å². The lowest BCUT2D eigenvalue weighted by Gasteiger charge is -2.20. The van der Waals surface area contributed by atoms with Gasteiger partial charge in [0.25, 0.3) is 5.91 Å². The second-order valence-corrected chi connectivity index (χ2v) is 6.38. The Bertz CT molecular complexity index is 868. The summed E-state index contributed by atoms with van der Waals surface area (Å²) in [6, 6.07) is 13.1. The second-order valence-electron chi connectivity index (χ2n) is 5.99. The van der Waals surface area contributed by atoms with Crippen molar-refractivity contribution < 1.29 is 4.79 Å². The highest BCUT2D eigenvalue weighted by Gasteiger charge is 2.25. The molecular formula is C19H18ClN5O. The van der Waals surface area contributed by atoms with Gasteiger partial charge in [-0.3, -0.25) is 4.79 Å². The van der Waals surface area contributed by atoms with E-state index in [0.29, 0.717) is 36.3 Å². The SMILES string of the molecule is Cc1ccc(NC(=O)/C(C#N)=C2/NCCN2Cc2ccc(Cl)nc2)cc1. The molecule has 0 unspecified atom stereocenters. The molecule has 0 aliphatic carbocycles. The van der Waals surface area contributed by atoms with Crippen molar-refractivity contribution in [2.75, 3.05) is 18.4 Å². The van der Waals surface area contributed by atoms with E-state index in [-0.39, 0.29) is 5.57 Å². The molecule has 1 aliphatic rings. The van der Waals surface area contributed by atoms with Gasteiger partial charge in [-0.15, -0.1) is 0 Å². The Morgan fingerprint density at radius 2 is 2.12 bits per heavy atom. The normalized spacial score (nSPS) is 15.2. The molecule has 1 aliphatic heterocycles. The standard InChI is InChI=1S/C19H18ClN5O/c1-13-2-5-15(6-3-13)24-19(26)16(10-21)18-22-8-9-25(18)12-14-4-7-17(20)23-11-14/h2-7,11,22H,8-9,12H2,1H3,(H,24,26)/b18-16-. The lowest BCUT2D eigenvalue weighted by atomic mass is 10.2. The minimum atomic E-state index is -0.431. The number of aryl methyl sites for hydroxylation is 1. The average Bonchev–Trinajstić information content (AvgIpc) is 3.07. The maximum atomic E-state index is 12.6. The average molecular weight is 368 g/mol. The number of amides is 1. The van der Waals surface area contributed by atoms with E-state index in [2.05, 4.69) is 15.6 Å². The van der Waals surface area contributed by atoms with Crippen LogP contribution in [0.5, 0.6) is 0 Å². The number of nitrogens with one attached hydrogen (secondary N) is 2. The Morgan fingerprint density at radius 3 is 2.77 bits per heavy atom. The van der Waals surface area contributed by atoms with E-state index in [1.54, 1.807) is 12.3 Å². The maximum Gasteiger partial charge on any atom is 0.270 e. The van der Waals surface area contributed by atoms with Crippen LogP contribution in [0.15, 0.2) is 54.0 Å². The molecule has 26 heavy (non-hydrogen) atoms. The van der Waals surface area contributed by atoms with E-state index in [1.807, 2.05) is 48.2 Å². The molecule has 2 heterocycles. The molecule has 1 amide bonds. The third-order valence-corrected chi connectivity index (χ3v) is 4.26. The first-order valence-corrected chi connectivity index (χ1v) is 8.56. The number of aromatic nitrogens is 1. The van der Waals surface area contributed by atoms with E-state index < -0.39 is 5.91 Å². The number of hydrogen-bond donors (Lipinski definition) is 2. The summed E-state index contributed by atoms with van der Waals surface area (Å²) in [5.41, 5.74) is 2.76. The second kappa shape index (κ2) is 7.89. The molecule has 0 atom stereocenters. The fourth-order valence-corrected chi connectivity index (χ4v) is 2.81. The van der Waals surface area contributed by atoms with Crippen LogP contribution in [0.25, 0.3) is 0 Å². The zero-order valence-corrected chi connectivity index (χ0v) is 15.0. The van der Waals surface area contributed by atoms with E-state index in [9.17, 15) is 10.1 Å². The molecule has 1 aromatic heterocycles. The van der Waals surface area contributed by atoms with Gasteiger partial charge in [0.1, 0.15) is 17.0 Å². The molecule has 0 radical (unpaired) electrons. The third-order valence-electron chi connectivity index (χ3n) is 4.04. The van der Waals surface area contributed by atoms with Crippen LogP contribution in [0.2, 0.25) is 5.15 Å². The van der Waals surface area contributed by atoms with Gasteiger partial charge in [0.05, 0.1) is 0 Å². The first kappa shape index (κ1) is 17.8. The van der Waals surface area contributed by atoms with Gasteiger partial charge in [0.2, 0.25) is 0 Å². The Balaban J connectivity index is 1.79. The van der Waals surface area contributed by atoms with Crippen molar-refractivity contribution in [3.63, 3.8) is 0 Å². The summed E-state index contributed by atoms with van der Waals surface area (Å²) in [4.78, 5) is 18.6. The summed E-state index contributed by atoms with van der Waals surface area (Å²) in [7, 11) is 0. The van der Waals surface area contributed by atoms with Gasteiger partial charge in [-0.05, 0) is 30.7 Å². The molecule has 6 nitrogen and oxygen atoms in total. The molecule has 132 valence electrons. The molecule has 2 N–H and O–H groups in total. The van der Waals surface area contributed by atoms with Crippen molar-refractivity contribution in [2.45, 2.75) is 13.5 Å². The van der Waals surface area contributed by atoms with Gasteiger partial charge in [-0.2, -0.15) is 5.26 Å². The maximum absolute atomic E-state index is 12.6. The van der Waals surface area contributed by atoms with Crippen molar-refractivity contribution in [2.24, 2.45) is 0 Å². The van der Waals surface area contributed by atoms with Crippen LogP contribution in [0.4, 0.5) is 5.69 Å². The first-order chi connectivity index (χ1) is 12.6. The fourth-order valence-electron chi connectivity index (χ4n) is 2.70. The summed E-state index contributed by atoms with van der Waals surface area (Å²) in [5, 5.41) is 15.9. The topological polar surface area (TPSA) is 81.0 Å². The van der Waals surface area contributed by atoms with Gasteiger partial charge < -0.3 is 15.5 Å². The van der Waals surface area contributed by atoms with E-state index in [4.69, 9.17) is 11.6 Å². The van der Waals surface area contributed by atoms with E-state index in [1.165, 1.54) is 0 Å². The smallest absolute Gasteiger partial charge is 0.270 e. The number of halogens is 1. The van der Waals surface area contributed by atoms with Gasteiger partial charge in [-0.25, -0.2) is 4.98 Å². The van der Waals surface area contributed by atoms with Gasteiger partial charge in [0, 0.05) is 31.5 Å². The number of carbonyl (C=O) groups excluding carboxylic acids is 1. The summed E-state index contributed by atoms with van der Waals surface area (Å²) in [6.07, 6.45) is 1.69.